The van der Waals surface area contributed by atoms with Crippen molar-refractivity contribution in [1.82, 2.24) is 9.80 Å². The van der Waals surface area contributed by atoms with Gasteiger partial charge in [0.05, 0.1) is 6.54 Å². The van der Waals surface area contributed by atoms with Crippen LogP contribution in [0.1, 0.15) is 20.7 Å². The molecule has 0 fully saturated rings. The maximum atomic E-state index is 12.4. The Bertz CT molecular complexity index is 802. The van der Waals surface area contributed by atoms with Crippen LogP contribution in [-0.2, 0) is 4.79 Å². The highest BCUT2D eigenvalue weighted by atomic mass is 79.9. The van der Waals surface area contributed by atoms with Crippen LogP contribution in [0.25, 0.3) is 0 Å². The van der Waals surface area contributed by atoms with Crippen LogP contribution in [0.3, 0.4) is 0 Å². The zero-order chi connectivity index (χ0) is 19.3. The molecular formula is C19H20BrN3O3. The molecular weight excluding hydrogens is 398 g/mol. The van der Waals surface area contributed by atoms with Crippen molar-refractivity contribution in [1.29, 1.82) is 0 Å². The molecule has 0 aliphatic heterocycles. The number of benzene rings is 2. The van der Waals surface area contributed by atoms with Gasteiger partial charge in [0.25, 0.3) is 11.8 Å². The van der Waals surface area contributed by atoms with Crippen molar-refractivity contribution in [2.45, 2.75) is 0 Å². The molecule has 0 saturated heterocycles. The van der Waals surface area contributed by atoms with Gasteiger partial charge in [-0.3, -0.25) is 14.4 Å². The van der Waals surface area contributed by atoms with E-state index in [9.17, 15) is 14.4 Å². The molecule has 0 aliphatic carbocycles. The highest BCUT2D eigenvalue weighted by Gasteiger charge is 2.16. The summed E-state index contributed by atoms with van der Waals surface area (Å²) in [6, 6.07) is 13.6. The summed E-state index contributed by atoms with van der Waals surface area (Å²) in [5.41, 5.74) is 1.57. The number of hydrogen-bond acceptors (Lipinski definition) is 3. The summed E-state index contributed by atoms with van der Waals surface area (Å²) in [7, 11) is 4.86. The van der Waals surface area contributed by atoms with Gasteiger partial charge in [-0.15, -0.1) is 0 Å². The molecule has 0 bridgehead atoms. The van der Waals surface area contributed by atoms with Gasteiger partial charge >= 0.3 is 0 Å². The Labute approximate surface area is 160 Å². The summed E-state index contributed by atoms with van der Waals surface area (Å²) in [4.78, 5) is 39.0. The Kier molecular flexibility index (Phi) is 6.52. The lowest BCUT2D eigenvalue weighted by Crippen LogP contribution is -2.37. The quantitative estimate of drug-likeness (QED) is 0.812. The zero-order valence-corrected chi connectivity index (χ0v) is 16.4. The number of hydrogen-bond donors (Lipinski definition) is 1. The number of halogens is 1. The van der Waals surface area contributed by atoms with Crippen molar-refractivity contribution in [2.24, 2.45) is 0 Å². The highest BCUT2D eigenvalue weighted by molar-refractivity contribution is 9.10. The van der Waals surface area contributed by atoms with E-state index in [0.717, 1.165) is 4.47 Å². The topological polar surface area (TPSA) is 69.7 Å². The molecule has 0 aliphatic rings. The summed E-state index contributed by atoms with van der Waals surface area (Å²) in [6.07, 6.45) is 0. The molecule has 2 aromatic rings. The molecule has 2 aromatic carbocycles. The van der Waals surface area contributed by atoms with Crippen LogP contribution in [0, 0.1) is 0 Å². The first-order valence-electron chi connectivity index (χ1n) is 7.90. The number of anilines is 1. The Hall–Kier alpha value is -2.67. The summed E-state index contributed by atoms with van der Waals surface area (Å²) in [6.45, 7) is 0.00782. The van der Waals surface area contributed by atoms with Gasteiger partial charge in [-0.05, 0) is 48.5 Å². The third-order valence-corrected chi connectivity index (χ3v) is 4.24. The van der Waals surface area contributed by atoms with Crippen molar-refractivity contribution >= 4 is 39.3 Å². The summed E-state index contributed by atoms with van der Waals surface area (Å²) >= 11 is 3.33. The summed E-state index contributed by atoms with van der Waals surface area (Å²) < 4.78 is 0.897. The lowest BCUT2D eigenvalue weighted by Gasteiger charge is -2.19. The van der Waals surface area contributed by atoms with Gasteiger partial charge in [0, 0.05) is 42.4 Å². The Balaban J connectivity index is 2.01. The Morgan fingerprint density at radius 1 is 0.885 bits per heavy atom. The first kappa shape index (κ1) is 19.7. The van der Waals surface area contributed by atoms with E-state index in [1.807, 2.05) is 0 Å². The largest absolute Gasteiger partial charge is 0.347 e. The van der Waals surface area contributed by atoms with E-state index in [1.54, 1.807) is 69.7 Å². The van der Waals surface area contributed by atoms with Gasteiger partial charge in [-0.1, -0.05) is 15.9 Å². The van der Waals surface area contributed by atoms with Gasteiger partial charge in [0.2, 0.25) is 5.91 Å². The molecule has 0 saturated carbocycles. The molecule has 0 spiro atoms. The fourth-order valence-electron chi connectivity index (χ4n) is 2.14. The van der Waals surface area contributed by atoms with Crippen LogP contribution in [0.5, 0.6) is 0 Å². The van der Waals surface area contributed by atoms with Crippen LogP contribution < -0.4 is 5.32 Å². The summed E-state index contributed by atoms with van der Waals surface area (Å²) in [5, 5.41) is 2.78. The van der Waals surface area contributed by atoms with E-state index in [2.05, 4.69) is 21.2 Å². The average molecular weight is 418 g/mol. The van der Waals surface area contributed by atoms with E-state index in [4.69, 9.17) is 0 Å². The van der Waals surface area contributed by atoms with Gasteiger partial charge in [0.1, 0.15) is 0 Å². The van der Waals surface area contributed by atoms with Crippen LogP contribution in [0.2, 0.25) is 0 Å². The second-order valence-corrected chi connectivity index (χ2v) is 6.90. The number of amides is 3. The second kappa shape index (κ2) is 8.62. The van der Waals surface area contributed by atoms with E-state index in [1.165, 1.54) is 9.80 Å². The fraction of sp³-hybridized carbons (Fsp3) is 0.211. The highest BCUT2D eigenvalue weighted by Crippen LogP contribution is 2.15. The maximum Gasteiger partial charge on any atom is 0.255 e. The van der Waals surface area contributed by atoms with Crippen molar-refractivity contribution < 1.29 is 14.4 Å². The average Bonchev–Trinajstić information content (AvgIpc) is 2.62. The number of nitrogens with zero attached hydrogens (tertiary/aromatic N) is 2. The SMILES string of the molecule is CN(C)C(=O)CN(C)C(=O)c1ccc(NC(=O)c2ccc(Br)cc2)cc1. The third-order valence-electron chi connectivity index (χ3n) is 3.71. The van der Waals surface area contributed by atoms with Gasteiger partial charge < -0.3 is 15.1 Å². The van der Waals surface area contributed by atoms with Crippen LogP contribution >= 0.6 is 15.9 Å². The first-order chi connectivity index (χ1) is 12.3. The van der Waals surface area contributed by atoms with E-state index in [0.29, 0.717) is 16.8 Å². The molecule has 7 heteroatoms. The molecule has 0 radical (unpaired) electrons. The predicted octanol–water partition coefficient (Wildman–Crippen LogP) is 2.86. The third kappa shape index (κ3) is 5.16. The standard InChI is InChI=1S/C19H20BrN3O3/c1-22(2)17(24)12-23(3)19(26)14-6-10-16(11-7-14)21-18(25)13-4-8-15(20)9-5-13/h4-11H,12H2,1-3H3,(H,21,25). The minimum atomic E-state index is -0.258. The minimum absolute atomic E-state index is 0.00782. The van der Waals surface area contributed by atoms with Crippen molar-refractivity contribution in [3.05, 3.63) is 64.1 Å². The molecule has 136 valence electrons. The lowest BCUT2D eigenvalue weighted by atomic mass is 10.1. The predicted molar refractivity (Wildman–Crippen MR) is 104 cm³/mol. The zero-order valence-electron chi connectivity index (χ0n) is 14.8. The van der Waals surface area contributed by atoms with Gasteiger partial charge in [0.15, 0.2) is 0 Å². The molecule has 0 aromatic heterocycles. The molecule has 0 atom stereocenters. The molecule has 26 heavy (non-hydrogen) atoms. The van der Waals surface area contributed by atoms with E-state index >= 15 is 0 Å². The Morgan fingerprint density at radius 2 is 1.42 bits per heavy atom. The normalized spacial score (nSPS) is 10.2. The van der Waals surface area contributed by atoms with Crippen molar-refractivity contribution in [2.75, 3.05) is 33.0 Å². The number of likely N-dealkylation sites (N-methyl/N-ethyl adjacent to an activating group) is 2. The van der Waals surface area contributed by atoms with Crippen molar-refractivity contribution in [3.63, 3.8) is 0 Å². The molecule has 3 amide bonds. The monoisotopic (exact) mass is 417 g/mol. The molecule has 1 N–H and O–H groups in total. The number of carbonyl (C=O) groups excluding carboxylic acids is 3. The lowest BCUT2D eigenvalue weighted by molar-refractivity contribution is -0.129. The molecule has 2 rings (SSSR count). The van der Waals surface area contributed by atoms with E-state index in [-0.39, 0.29) is 24.3 Å². The van der Waals surface area contributed by atoms with Crippen LogP contribution in [-0.4, -0.2) is 55.2 Å². The first-order valence-corrected chi connectivity index (χ1v) is 8.70. The Morgan fingerprint density at radius 3 is 1.96 bits per heavy atom. The van der Waals surface area contributed by atoms with Gasteiger partial charge in [-0.25, -0.2) is 0 Å². The van der Waals surface area contributed by atoms with Crippen LogP contribution in [0.15, 0.2) is 53.0 Å². The second-order valence-electron chi connectivity index (χ2n) is 5.99. The van der Waals surface area contributed by atoms with Gasteiger partial charge in [-0.2, -0.15) is 0 Å². The summed E-state index contributed by atoms with van der Waals surface area (Å²) in [5.74, 6) is -0.643. The minimum Gasteiger partial charge on any atom is -0.347 e. The van der Waals surface area contributed by atoms with E-state index < -0.39 is 0 Å². The van der Waals surface area contributed by atoms with Crippen LogP contribution in [0.4, 0.5) is 5.69 Å². The molecule has 0 heterocycles. The maximum absolute atomic E-state index is 12.4. The number of carbonyl (C=O) groups is 3. The molecule has 0 unspecified atom stereocenters. The number of nitrogens with one attached hydrogen (secondary N) is 1. The smallest absolute Gasteiger partial charge is 0.255 e. The number of rotatable bonds is 5. The molecule has 6 nitrogen and oxygen atoms in total. The fourth-order valence-corrected chi connectivity index (χ4v) is 2.40. The van der Waals surface area contributed by atoms with Crippen molar-refractivity contribution in [3.8, 4) is 0 Å².